The lowest BCUT2D eigenvalue weighted by molar-refractivity contribution is -0.384. The second-order valence-corrected chi connectivity index (χ2v) is 9.20. The topological polar surface area (TPSA) is 119 Å². The van der Waals surface area contributed by atoms with E-state index in [1.807, 2.05) is 30.3 Å². The number of ether oxygens (including phenoxy) is 1. The van der Waals surface area contributed by atoms with Crippen LogP contribution < -0.4 is 10.1 Å². The summed E-state index contributed by atoms with van der Waals surface area (Å²) in [4.78, 5) is 50.7. The number of rotatable bonds is 6. The van der Waals surface area contributed by atoms with E-state index < -0.39 is 22.8 Å². The van der Waals surface area contributed by atoms with Crippen molar-refractivity contribution >= 4 is 40.4 Å². The van der Waals surface area contributed by atoms with Crippen LogP contribution in [0.4, 0.5) is 10.5 Å². The van der Waals surface area contributed by atoms with Gasteiger partial charge in [-0.15, -0.1) is 0 Å². The molecule has 3 aromatic rings. The van der Waals surface area contributed by atoms with Gasteiger partial charge in [0.25, 0.3) is 17.5 Å². The summed E-state index contributed by atoms with van der Waals surface area (Å²) in [5.41, 5.74) is 0.933. The molecular weight excluding hydrogens is 474 g/mol. The second kappa shape index (κ2) is 10.2. The van der Waals surface area contributed by atoms with Gasteiger partial charge in [0.2, 0.25) is 0 Å². The smallest absolute Gasteiger partial charge is 0.331 e. The van der Waals surface area contributed by atoms with E-state index in [-0.39, 0.29) is 23.9 Å². The number of hydrogen-bond donors (Lipinski definition) is 1. The zero-order chi connectivity index (χ0) is 25.9. The molecule has 0 bridgehead atoms. The summed E-state index contributed by atoms with van der Waals surface area (Å²) in [6.45, 7) is 0.0447. The maximum atomic E-state index is 13.4. The van der Waals surface area contributed by atoms with Crippen LogP contribution in [0.5, 0.6) is 5.75 Å². The van der Waals surface area contributed by atoms with E-state index in [2.05, 4.69) is 5.32 Å². The second-order valence-electron chi connectivity index (χ2n) is 9.20. The number of fused-ring (bicyclic) bond motifs is 1. The largest absolute Gasteiger partial charge is 0.488 e. The standard InChI is InChI=1S/C28H25N3O6/c32-26-24(27(33)30(28(34)29-26)20-9-2-1-3-10-20)16-23-22-12-5-4-8-19(22)13-14-25(23)37-17-18-7-6-11-21(15-18)31(35)36/h4-8,11-16,20H,1-3,9-10,17H2,(H,29,32,34). The van der Waals surface area contributed by atoms with Crippen molar-refractivity contribution in [3.8, 4) is 5.75 Å². The zero-order valence-corrected chi connectivity index (χ0v) is 20.0. The van der Waals surface area contributed by atoms with E-state index in [0.29, 0.717) is 29.7 Å². The number of nitro groups is 1. The molecule has 188 valence electrons. The van der Waals surface area contributed by atoms with Gasteiger partial charge in [0, 0.05) is 23.7 Å². The van der Waals surface area contributed by atoms with Crippen LogP contribution in [0, 0.1) is 10.1 Å². The van der Waals surface area contributed by atoms with Gasteiger partial charge in [-0.25, -0.2) is 4.79 Å². The fourth-order valence-electron chi connectivity index (χ4n) is 4.96. The van der Waals surface area contributed by atoms with Gasteiger partial charge in [0.05, 0.1) is 4.92 Å². The summed E-state index contributed by atoms with van der Waals surface area (Å²) in [6.07, 6.45) is 5.81. The molecule has 9 heteroatoms. The van der Waals surface area contributed by atoms with Gasteiger partial charge in [-0.2, -0.15) is 0 Å². The Labute approximate surface area is 212 Å². The van der Waals surface area contributed by atoms with Gasteiger partial charge < -0.3 is 4.74 Å². The number of urea groups is 1. The van der Waals surface area contributed by atoms with Crippen molar-refractivity contribution in [1.82, 2.24) is 10.2 Å². The van der Waals surface area contributed by atoms with Crippen molar-refractivity contribution < 1.29 is 24.0 Å². The third-order valence-corrected chi connectivity index (χ3v) is 6.81. The van der Waals surface area contributed by atoms with Crippen LogP contribution in [-0.4, -0.2) is 33.7 Å². The van der Waals surface area contributed by atoms with Crippen LogP contribution in [-0.2, 0) is 16.2 Å². The minimum Gasteiger partial charge on any atom is -0.488 e. The number of benzene rings is 3. The SMILES string of the molecule is O=C1NC(=O)N(C2CCCCC2)C(=O)C1=Cc1c(OCc2cccc([N+](=O)[O-])c2)ccc2ccccc12. The molecule has 5 rings (SSSR count). The Morgan fingerprint density at radius 2 is 1.78 bits per heavy atom. The average molecular weight is 500 g/mol. The summed E-state index contributed by atoms with van der Waals surface area (Å²) < 4.78 is 6.05. The Morgan fingerprint density at radius 3 is 2.57 bits per heavy atom. The molecule has 1 saturated heterocycles. The first-order valence-corrected chi connectivity index (χ1v) is 12.2. The molecule has 3 aromatic carbocycles. The van der Waals surface area contributed by atoms with Gasteiger partial charge in [0.1, 0.15) is 17.9 Å². The van der Waals surface area contributed by atoms with Crippen LogP contribution >= 0.6 is 0 Å². The van der Waals surface area contributed by atoms with Gasteiger partial charge in [-0.1, -0.05) is 61.7 Å². The number of nitrogens with zero attached hydrogens (tertiary/aromatic N) is 2. The Morgan fingerprint density at radius 1 is 1.00 bits per heavy atom. The average Bonchev–Trinajstić information content (AvgIpc) is 2.90. The monoisotopic (exact) mass is 499 g/mol. The highest BCUT2D eigenvalue weighted by Gasteiger charge is 2.40. The molecule has 0 aromatic heterocycles. The van der Waals surface area contributed by atoms with Crippen molar-refractivity contribution in [2.45, 2.75) is 44.8 Å². The number of nitrogens with one attached hydrogen (secondary N) is 1. The molecule has 0 atom stereocenters. The minimum absolute atomic E-state index is 0.0427. The maximum Gasteiger partial charge on any atom is 0.331 e. The molecule has 1 saturated carbocycles. The highest BCUT2D eigenvalue weighted by molar-refractivity contribution is 6.31. The van der Waals surface area contributed by atoms with Crippen LogP contribution in [0.25, 0.3) is 16.8 Å². The fourth-order valence-corrected chi connectivity index (χ4v) is 4.96. The minimum atomic E-state index is -0.750. The van der Waals surface area contributed by atoms with Crippen molar-refractivity contribution in [1.29, 1.82) is 0 Å². The predicted molar refractivity (Wildman–Crippen MR) is 137 cm³/mol. The summed E-state index contributed by atoms with van der Waals surface area (Å²) >= 11 is 0. The molecule has 1 aliphatic carbocycles. The van der Waals surface area contributed by atoms with Crippen molar-refractivity contribution in [2.24, 2.45) is 0 Å². The number of nitro benzene ring substituents is 1. The first-order valence-electron chi connectivity index (χ1n) is 12.2. The van der Waals surface area contributed by atoms with E-state index in [4.69, 9.17) is 4.74 Å². The summed E-state index contributed by atoms with van der Waals surface area (Å²) in [6, 6.07) is 16.3. The first kappa shape index (κ1) is 24.2. The lowest BCUT2D eigenvalue weighted by Gasteiger charge is -2.35. The molecule has 0 spiro atoms. The number of amides is 4. The van der Waals surface area contributed by atoms with Crippen molar-refractivity contribution in [2.75, 3.05) is 0 Å². The van der Waals surface area contributed by atoms with Crippen LogP contribution in [0.2, 0.25) is 0 Å². The molecule has 1 N–H and O–H groups in total. The van der Waals surface area contributed by atoms with Gasteiger partial charge in [0.15, 0.2) is 0 Å². The molecule has 0 radical (unpaired) electrons. The molecule has 1 heterocycles. The molecule has 4 amide bonds. The maximum absolute atomic E-state index is 13.4. The van der Waals surface area contributed by atoms with Crippen LogP contribution in [0.15, 0.2) is 66.2 Å². The third kappa shape index (κ3) is 4.93. The Kier molecular flexibility index (Phi) is 6.68. The van der Waals surface area contributed by atoms with Gasteiger partial charge in [-0.05, 0) is 41.3 Å². The predicted octanol–water partition coefficient (Wildman–Crippen LogP) is 5.12. The Bertz CT molecular complexity index is 1440. The third-order valence-electron chi connectivity index (χ3n) is 6.81. The molecular formula is C28H25N3O6. The van der Waals surface area contributed by atoms with E-state index in [0.717, 1.165) is 30.0 Å². The molecule has 1 aliphatic heterocycles. The first-order chi connectivity index (χ1) is 17.9. The number of hydrogen-bond acceptors (Lipinski definition) is 6. The van der Waals surface area contributed by atoms with Crippen molar-refractivity contribution in [3.05, 3.63) is 87.5 Å². The van der Waals surface area contributed by atoms with Crippen molar-refractivity contribution in [3.63, 3.8) is 0 Å². The Balaban J connectivity index is 1.53. The normalized spacial score (nSPS) is 17.8. The summed E-state index contributed by atoms with van der Waals surface area (Å²) in [7, 11) is 0. The number of carbonyl (C=O) groups is 3. The quantitative estimate of drug-likeness (QED) is 0.218. The van der Waals surface area contributed by atoms with E-state index in [9.17, 15) is 24.5 Å². The number of non-ortho nitro benzene ring substituents is 1. The van der Waals surface area contributed by atoms with E-state index >= 15 is 0 Å². The number of imide groups is 2. The lowest BCUT2D eigenvalue weighted by Crippen LogP contribution is -2.58. The fraction of sp³-hybridized carbons (Fsp3) is 0.250. The summed E-state index contributed by atoms with van der Waals surface area (Å²) in [5, 5.41) is 15.1. The Hall–Kier alpha value is -4.53. The molecule has 9 nitrogen and oxygen atoms in total. The van der Waals surface area contributed by atoms with E-state index in [1.165, 1.54) is 23.1 Å². The van der Waals surface area contributed by atoms with Crippen LogP contribution in [0.3, 0.4) is 0 Å². The van der Waals surface area contributed by atoms with Gasteiger partial charge in [-0.3, -0.25) is 29.9 Å². The highest BCUT2D eigenvalue weighted by atomic mass is 16.6. The zero-order valence-electron chi connectivity index (χ0n) is 20.0. The number of barbiturate groups is 1. The number of carbonyl (C=O) groups excluding carboxylic acids is 3. The van der Waals surface area contributed by atoms with Gasteiger partial charge >= 0.3 is 6.03 Å². The lowest BCUT2D eigenvalue weighted by atomic mass is 9.93. The van der Waals surface area contributed by atoms with E-state index in [1.54, 1.807) is 18.2 Å². The molecule has 2 aliphatic rings. The highest BCUT2D eigenvalue weighted by Crippen LogP contribution is 2.33. The molecule has 0 unspecified atom stereocenters. The summed E-state index contributed by atoms with van der Waals surface area (Å²) in [5.74, 6) is -0.961. The van der Waals surface area contributed by atoms with Crippen LogP contribution in [0.1, 0.15) is 43.2 Å². The molecule has 2 fully saturated rings. The molecule has 37 heavy (non-hydrogen) atoms.